The predicted molar refractivity (Wildman–Crippen MR) is 143 cm³/mol. The van der Waals surface area contributed by atoms with Crippen LogP contribution < -0.4 is 5.32 Å². The van der Waals surface area contributed by atoms with Gasteiger partial charge < -0.3 is 15.0 Å². The fourth-order valence-electron chi connectivity index (χ4n) is 5.29. The van der Waals surface area contributed by atoms with Crippen molar-refractivity contribution in [3.05, 3.63) is 107 Å². The van der Waals surface area contributed by atoms with Gasteiger partial charge in [-0.3, -0.25) is 14.4 Å². The molecule has 0 heterocycles. The Hall–Kier alpha value is -3.93. The molecule has 1 unspecified atom stereocenters. The topological polar surface area (TPSA) is 75.7 Å². The van der Waals surface area contributed by atoms with E-state index in [1.165, 1.54) is 0 Å². The summed E-state index contributed by atoms with van der Waals surface area (Å²) in [5.74, 6) is -0.715. The van der Waals surface area contributed by atoms with Gasteiger partial charge >= 0.3 is 5.97 Å². The summed E-state index contributed by atoms with van der Waals surface area (Å²) in [6, 6.07) is 26.6. The number of esters is 1. The van der Waals surface area contributed by atoms with Crippen LogP contribution in [0.3, 0.4) is 0 Å². The maximum absolute atomic E-state index is 13.6. The Kier molecular flexibility index (Phi) is 8.39. The van der Waals surface area contributed by atoms with Gasteiger partial charge in [-0.25, -0.2) is 0 Å². The van der Waals surface area contributed by atoms with Gasteiger partial charge in [-0.2, -0.15) is 0 Å². The second-order valence-corrected chi connectivity index (χ2v) is 9.41. The van der Waals surface area contributed by atoms with E-state index >= 15 is 0 Å². The molecule has 37 heavy (non-hydrogen) atoms. The first-order chi connectivity index (χ1) is 18.0. The summed E-state index contributed by atoms with van der Waals surface area (Å²) in [7, 11) is 1.80. The number of amides is 2. The van der Waals surface area contributed by atoms with Crippen LogP contribution in [0.5, 0.6) is 0 Å². The van der Waals surface area contributed by atoms with E-state index in [0.29, 0.717) is 44.5 Å². The van der Waals surface area contributed by atoms with Gasteiger partial charge in [0.2, 0.25) is 5.91 Å². The van der Waals surface area contributed by atoms with Crippen molar-refractivity contribution in [2.75, 3.05) is 26.7 Å². The molecule has 1 N–H and O–H groups in total. The summed E-state index contributed by atoms with van der Waals surface area (Å²) in [4.78, 5) is 41.0. The fraction of sp³-hybridized carbons (Fsp3) is 0.323. The van der Waals surface area contributed by atoms with E-state index in [2.05, 4.69) is 5.32 Å². The molecule has 0 fully saturated rings. The standard InChI is InChI=1S/C31H34N2O4/c1-3-37-30(36)31(24-15-8-5-9-16-24)20-19-26(25-17-10-11-18-27(25)31)29(35)33(2)22-12-21-32-28(34)23-13-6-4-7-14-23/h4-11,13-18,26H,3,12,19-22H2,1-2H3,(H,32,34)/t26-,31?/m0/s1. The molecule has 1 aliphatic carbocycles. The largest absolute Gasteiger partial charge is 0.465 e. The molecule has 192 valence electrons. The lowest BCUT2D eigenvalue weighted by Crippen LogP contribution is -2.45. The number of hydrogen-bond donors (Lipinski definition) is 1. The molecular formula is C31H34N2O4. The van der Waals surface area contributed by atoms with Gasteiger partial charge in [0.15, 0.2) is 0 Å². The maximum Gasteiger partial charge on any atom is 0.321 e. The number of ether oxygens (including phenoxy) is 1. The van der Waals surface area contributed by atoms with E-state index in [9.17, 15) is 14.4 Å². The number of fused-ring (bicyclic) bond motifs is 1. The van der Waals surface area contributed by atoms with Crippen LogP contribution >= 0.6 is 0 Å². The number of nitrogens with one attached hydrogen (secondary N) is 1. The van der Waals surface area contributed by atoms with Crippen LogP contribution in [-0.4, -0.2) is 49.4 Å². The van der Waals surface area contributed by atoms with Gasteiger partial charge in [0.25, 0.3) is 5.91 Å². The summed E-state index contributed by atoms with van der Waals surface area (Å²) in [6.07, 6.45) is 1.68. The smallest absolute Gasteiger partial charge is 0.321 e. The monoisotopic (exact) mass is 498 g/mol. The van der Waals surface area contributed by atoms with Crippen molar-refractivity contribution in [2.24, 2.45) is 0 Å². The van der Waals surface area contributed by atoms with Crippen molar-refractivity contribution < 1.29 is 19.1 Å². The summed E-state index contributed by atoms with van der Waals surface area (Å²) in [5.41, 5.74) is 2.28. The molecule has 0 radical (unpaired) electrons. The molecule has 2 atom stereocenters. The summed E-state index contributed by atoms with van der Waals surface area (Å²) in [5, 5.41) is 2.91. The number of benzene rings is 3. The second-order valence-electron chi connectivity index (χ2n) is 9.41. The number of hydrogen-bond acceptors (Lipinski definition) is 4. The molecule has 0 aromatic heterocycles. The van der Waals surface area contributed by atoms with Crippen LogP contribution in [0.2, 0.25) is 0 Å². The lowest BCUT2D eigenvalue weighted by atomic mass is 9.63. The van der Waals surface area contributed by atoms with Crippen molar-refractivity contribution in [3.63, 3.8) is 0 Å². The van der Waals surface area contributed by atoms with E-state index in [0.717, 1.165) is 16.7 Å². The van der Waals surface area contributed by atoms with Gasteiger partial charge in [0, 0.05) is 25.7 Å². The second kappa shape index (κ2) is 11.9. The number of carbonyl (C=O) groups excluding carboxylic acids is 3. The SMILES string of the molecule is CCOC(=O)C1(c2ccccc2)CC[C@H](C(=O)N(C)CCCNC(=O)c2ccccc2)c2ccccc21. The molecule has 0 saturated heterocycles. The minimum atomic E-state index is -0.940. The number of nitrogens with zero attached hydrogens (tertiary/aromatic N) is 1. The first kappa shape index (κ1) is 26.1. The van der Waals surface area contributed by atoms with E-state index in [1.807, 2.05) is 79.7 Å². The number of carbonyl (C=O) groups is 3. The highest BCUT2D eigenvalue weighted by atomic mass is 16.5. The highest BCUT2D eigenvalue weighted by Gasteiger charge is 2.49. The highest BCUT2D eigenvalue weighted by Crippen LogP contribution is 2.48. The third kappa shape index (κ3) is 5.43. The zero-order valence-electron chi connectivity index (χ0n) is 21.5. The first-order valence-corrected chi connectivity index (χ1v) is 12.9. The van der Waals surface area contributed by atoms with Crippen LogP contribution in [0.15, 0.2) is 84.9 Å². The van der Waals surface area contributed by atoms with Gasteiger partial charge in [0.1, 0.15) is 5.41 Å². The lowest BCUT2D eigenvalue weighted by Gasteiger charge is -2.41. The van der Waals surface area contributed by atoms with Crippen molar-refractivity contribution in [1.82, 2.24) is 10.2 Å². The minimum absolute atomic E-state index is 0.0207. The molecule has 0 saturated carbocycles. The fourth-order valence-corrected chi connectivity index (χ4v) is 5.29. The van der Waals surface area contributed by atoms with Crippen LogP contribution in [0, 0.1) is 0 Å². The summed E-state index contributed by atoms with van der Waals surface area (Å²) < 4.78 is 5.59. The van der Waals surface area contributed by atoms with Crippen LogP contribution in [0.4, 0.5) is 0 Å². The molecule has 0 spiro atoms. The third-order valence-corrected chi connectivity index (χ3v) is 7.16. The molecule has 6 nitrogen and oxygen atoms in total. The maximum atomic E-state index is 13.6. The van der Waals surface area contributed by atoms with Gasteiger partial charge in [-0.05, 0) is 55.0 Å². The normalized spacial score (nSPS) is 18.4. The number of rotatable bonds is 9. The Bertz CT molecular complexity index is 1230. The van der Waals surface area contributed by atoms with E-state index in [-0.39, 0.29) is 23.7 Å². The Balaban J connectivity index is 1.49. The van der Waals surface area contributed by atoms with Crippen LogP contribution in [0.25, 0.3) is 0 Å². The van der Waals surface area contributed by atoms with Crippen molar-refractivity contribution >= 4 is 17.8 Å². The Morgan fingerprint density at radius 1 is 0.946 bits per heavy atom. The molecule has 0 aliphatic heterocycles. The van der Waals surface area contributed by atoms with E-state index in [1.54, 1.807) is 24.1 Å². The molecule has 6 heteroatoms. The quantitative estimate of drug-likeness (QED) is 0.343. The highest BCUT2D eigenvalue weighted by molar-refractivity contribution is 5.94. The Labute approximate surface area is 218 Å². The van der Waals surface area contributed by atoms with Crippen LogP contribution in [0.1, 0.15) is 59.2 Å². The molecule has 1 aliphatic rings. The third-order valence-electron chi connectivity index (χ3n) is 7.16. The molecule has 3 aromatic rings. The first-order valence-electron chi connectivity index (χ1n) is 12.9. The molecular weight excluding hydrogens is 464 g/mol. The predicted octanol–water partition coefficient (Wildman–Crippen LogP) is 4.69. The zero-order valence-corrected chi connectivity index (χ0v) is 21.5. The number of likely N-dealkylation sites (N-methyl/N-ethyl adjacent to an activating group) is 1. The minimum Gasteiger partial charge on any atom is -0.465 e. The lowest BCUT2D eigenvalue weighted by molar-refractivity contribution is -0.149. The average Bonchev–Trinajstić information content (AvgIpc) is 2.95. The Morgan fingerprint density at radius 2 is 1.59 bits per heavy atom. The molecule has 2 amide bonds. The molecule has 4 rings (SSSR count). The molecule has 0 bridgehead atoms. The van der Waals surface area contributed by atoms with Crippen molar-refractivity contribution in [2.45, 2.75) is 37.5 Å². The van der Waals surface area contributed by atoms with Gasteiger partial charge in [0.05, 0.1) is 12.5 Å². The average molecular weight is 499 g/mol. The Morgan fingerprint density at radius 3 is 2.30 bits per heavy atom. The van der Waals surface area contributed by atoms with Crippen molar-refractivity contribution in [3.8, 4) is 0 Å². The summed E-state index contributed by atoms with van der Waals surface area (Å²) in [6.45, 7) is 3.11. The van der Waals surface area contributed by atoms with E-state index < -0.39 is 5.41 Å². The van der Waals surface area contributed by atoms with Crippen molar-refractivity contribution in [1.29, 1.82) is 0 Å². The molecule has 3 aromatic carbocycles. The van der Waals surface area contributed by atoms with Crippen LogP contribution in [-0.2, 0) is 19.7 Å². The van der Waals surface area contributed by atoms with E-state index in [4.69, 9.17) is 4.74 Å². The van der Waals surface area contributed by atoms with Gasteiger partial charge in [-0.15, -0.1) is 0 Å². The summed E-state index contributed by atoms with van der Waals surface area (Å²) >= 11 is 0. The van der Waals surface area contributed by atoms with Gasteiger partial charge in [-0.1, -0.05) is 72.8 Å². The zero-order chi connectivity index (χ0) is 26.3.